The number of aliphatic imine (C=N–C) groups is 1. The number of anilines is 3. The van der Waals surface area contributed by atoms with Crippen LogP contribution in [0.1, 0.15) is 21.5 Å². The molecule has 1 aromatic heterocycles. The molecule has 0 saturated carbocycles. The number of amides is 1. The highest BCUT2D eigenvalue weighted by molar-refractivity contribution is 6.12. The quantitative estimate of drug-likeness (QED) is 0.290. The topological polar surface area (TPSA) is 121 Å². The van der Waals surface area contributed by atoms with Gasteiger partial charge in [-0.3, -0.25) is 14.5 Å². The predicted octanol–water partition coefficient (Wildman–Crippen LogP) is 1.88. The predicted molar refractivity (Wildman–Crippen MR) is 125 cm³/mol. The lowest BCUT2D eigenvalue weighted by Gasteiger charge is -2.31. The Hall–Kier alpha value is -3.59. The summed E-state index contributed by atoms with van der Waals surface area (Å²) in [5.74, 6) is -0.404. The molecule has 9 nitrogen and oxygen atoms in total. The fourth-order valence-corrected chi connectivity index (χ4v) is 4.00. The molecule has 0 unspecified atom stereocenters. The van der Waals surface area contributed by atoms with Gasteiger partial charge in [0.05, 0.1) is 22.5 Å². The van der Waals surface area contributed by atoms with E-state index in [-0.39, 0.29) is 5.75 Å². The fraction of sp³-hybridized carbons (Fsp3) is 0.318. The van der Waals surface area contributed by atoms with Gasteiger partial charge in [0.15, 0.2) is 0 Å². The summed E-state index contributed by atoms with van der Waals surface area (Å²) in [4.78, 5) is 19.5. The van der Waals surface area contributed by atoms with Crippen LogP contribution in [-0.2, 0) is 7.05 Å². The molecule has 0 bridgehead atoms. The highest BCUT2D eigenvalue weighted by Gasteiger charge is 2.21. The number of hydrogen-bond donors (Lipinski definition) is 4. The normalized spacial score (nSPS) is 14.5. The minimum Gasteiger partial charge on any atom is -0.505 e. The van der Waals surface area contributed by atoms with Gasteiger partial charge in [0, 0.05) is 74.9 Å². The molecule has 0 spiro atoms. The first-order chi connectivity index (χ1) is 14.9. The van der Waals surface area contributed by atoms with Crippen molar-refractivity contribution in [1.82, 2.24) is 15.1 Å². The second-order valence-electron chi connectivity index (χ2n) is 7.68. The Balaban J connectivity index is 1.69. The number of nitrogen functional groups attached to an aromatic ring is 1. The van der Waals surface area contributed by atoms with E-state index in [2.05, 4.69) is 25.6 Å². The van der Waals surface area contributed by atoms with Gasteiger partial charge < -0.3 is 26.4 Å². The first-order valence-electron chi connectivity index (χ1n) is 10.2. The number of hydrogen-bond acceptors (Lipinski definition) is 7. The monoisotopic (exact) mass is 421 g/mol. The molecule has 3 aromatic rings. The maximum atomic E-state index is 13.1. The number of aromatic nitrogens is 2. The van der Waals surface area contributed by atoms with E-state index in [0.29, 0.717) is 28.0 Å². The first-order valence-corrected chi connectivity index (χ1v) is 10.2. The van der Waals surface area contributed by atoms with Crippen molar-refractivity contribution in [2.45, 2.75) is 6.92 Å². The molecule has 1 fully saturated rings. The van der Waals surface area contributed by atoms with Crippen molar-refractivity contribution in [2.24, 2.45) is 12.0 Å². The molecule has 1 aliphatic heterocycles. The Labute approximate surface area is 180 Å². The molecule has 0 aliphatic carbocycles. The van der Waals surface area contributed by atoms with Gasteiger partial charge in [-0.1, -0.05) is 0 Å². The molecule has 1 amide bonds. The van der Waals surface area contributed by atoms with Crippen molar-refractivity contribution in [3.8, 4) is 5.75 Å². The van der Waals surface area contributed by atoms with Crippen molar-refractivity contribution in [2.75, 3.05) is 49.2 Å². The summed E-state index contributed by atoms with van der Waals surface area (Å²) in [5.41, 5.74) is 10.4. The van der Waals surface area contributed by atoms with Crippen LogP contribution in [0, 0.1) is 6.92 Å². The summed E-state index contributed by atoms with van der Waals surface area (Å²) >= 11 is 0. The molecular formula is C22H27N7O2. The number of carbonyl (C=O) groups is 1. The summed E-state index contributed by atoms with van der Waals surface area (Å²) in [7, 11) is 3.49. The Morgan fingerprint density at radius 3 is 2.81 bits per heavy atom. The summed E-state index contributed by atoms with van der Waals surface area (Å²) < 4.78 is 1.67. The van der Waals surface area contributed by atoms with E-state index in [1.54, 1.807) is 37.0 Å². The highest BCUT2D eigenvalue weighted by Crippen LogP contribution is 2.35. The molecule has 2 aromatic carbocycles. The van der Waals surface area contributed by atoms with Crippen LogP contribution >= 0.6 is 0 Å². The number of phenolic OH excluding ortho intramolecular Hbond substituents is 1. The van der Waals surface area contributed by atoms with Crippen molar-refractivity contribution >= 4 is 40.1 Å². The molecule has 4 rings (SSSR count). The zero-order chi connectivity index (χ0) is 22.1. The van der Waals surface area contributed by atoms with E-state index in [9.17, 15) is 9.90 Å². The van der Waals surface area contributed by atoms with E-state index < -0.39 is 5.91 Å². The van der Waals surface area contributed by atoms with Crippen molar-refractivity contribution in [1.29, 1.82) is 0 Å². The number of fused-ring (bicyclic) bond motifs is 1. The average Bonchev–Trinajstić information content (AvgIpc) is 3.14. The van der Waals surface area contributed by atoms with Crippen molar-refractivity contribution < 1.29 is 9.90 Å². The lowest BCUT2D eigenvalue weighted by Crippen LogP contribution is -2.44. The summed E-state index contributed by atoms with van der Waals surface area (Å²) in [6, 6.07) is 5.34. The number of aryl methyl sites for hydroxylation is 2. The third-order valence-electron chi connectivity index (χ3n) is 5.60. The van der Waals surface area contributed by atoms with E-state index in [4.69, 9.17) is 5.73 Å². The molecule has 31 heavy (non-hydrogen) atoms. The van der Waals surface area contributed by atoms with Gasteiger partial charge in [0.2, 0.25) is 0 Å². The second kappa shape index (κ2) is 8.27. The first kappa shape index (κ1) is 20.7. The van der Waals surface area contributed by atoms with Gasteiger partial charge in [-0.25, -0.2) is 0 Å². The largest absolute Gasteiger partial charge is 0.505 e. The molecular weight excluding hydrogens is 394 g/mol. The minimum atomic E-state index is -0.395. The van der Waals surface area contributed by atoms with Crippen LogP contribution < -0.4 is 21.3 Å². The highest BCUT2D eigenvalue weighted by atomic mass is 16.3. The average molecular weight is 422 g/mol. The van der Waals surface area contributed by atoms with Gasteiger partial charge >= 0.3 is 0 Å². The van der Waals surface area contributed by atoms with Crippen LogP contribution in [0.3, 0.4) is 0 Å². The number of phenols is 1. The maximum Gasteiger partial charge on any atom is 0.257 e. The number of rotatable bonds is 4. The molecule has 0 atom stereocenters. The Morgan fingerprint density at radius 2 is 2.10 bits per heavy atom. The molecule has 2 heterocycles. The summed E-state index contributed by atoms with van der Waals surface area (Å²) in [5, 5.41) is 21.9. The summed E-state index contributed by atoms with van der Waals surface area (Å²) in [6.07, 6.45) is 3.52. The van der Waals surface area contributed by atoms with Crippen molar-refractivity contribution in [3.05, 3.63) is 41.1 Å². The van der Waals surface area contributed by atoms with Gasteiger partial charge in [-0.15, -0.1) is 0 Å². The Morgan fingerprint density at radius 1 is 1.35 bits per heavy atom. The van der Waals surface area contributed by atoms with Crippen LogP contribution in [0.15, 0.2) is 29.4 Å². The van der Waals surface area contributed by atoms with Gasteiger partial charge in [-0.05, 0) is 25.1 Å². The lowest BCUT2D eigenvalue weighted by atomic mass is 10.0. The Bertz CT molecular complexity index is 1180. The number of piperazine rings is 1. The van der Waals surface area contributed by atoms with Crippen LogP contribution in [0.4, 0.5) is 17.1 Å². The number of aromatic hydroxyl groups is 1. The third kappa shape index (κ3) is 3.79. The second-order valence-corrected chi connectivity index (χ2v) is 7.68. The maximum absolute atomic E-state index is 13.1. The molecule has 0 radical (unpaired) electrons. The van der Waals surface area contributed by atoms with Gasteiger partial charge in [0.25, 0.3) is 5.91 Å². The fourth-order valence-electron chi connectivity index (χ4n) is 4.00. The standard InChI is InChI=1S/C22H27N7O2/c1-13-20-14(12-28(3)27-20)10-17(21(13)30)26-22(31)15-4-5-18(16(11-24-2)19(15)23)29-8-6-25-7-9-29/h4-5,10-12,25,30H,6-9,23H2,1-3H3,(H,26,31). The van der Waals surface area contributed by atoms with Crippen LogP contribution in [0.25, 0.3) is 10.9 Å². The molecule has 1 aliphatic rings. The Kier molecular flexibility index (Phi) is 5.51. The summed E-state index contributed by atoms with van der Waals surface area (Å²) in [6.45, 7) is 5.26. The van der Waals surface area contributed by atoms with Crippen LogP contribution in [0.5, 0.6) is 5.75 Å². The zero-order valence-corrected chi connectivity index (χ0v) is 17.9. The number of nitrogens with one attached hydrogen (secondary N) is 2. The van der Waals surface area contributed by atoms with Crippen LogP contribution in [0.2, 0.25) is 0 Å². The molecule has 9 heteroatoms. The van der Waals surface area contributed by atoms with Gasteiger partial charge in [-0.2, -0.15) is 5.10 Å². The zero-order valence-electron chi connectivity index (χ0n) is 17.9. The number of carbonyl (C=O) groups excluding carboxylic acids is 1. The SMILES string of the molecule is CN=Cc1c(N2CCNCC2)ccc(C(=O)Nc2cc3cn(C)nc3c(C)c2O)c1N. The number of nitrogens with zero attached hydrogens (tertiary/aromatic N) is 4. The minimum absolute atomic E-state index is 0.00842. The number of nitrogens with two attached hydrogens (primary N) is 1. The van der Waals surface area contributed by atoms with Crippen LogP contribution in [-0.4, -0.2) is 60.2 Å². The van der Waals surface area contributed by atoms with E-state index in [1.165, 1.54) is 0 Å². The molecule has 5 N–H and O–H groups in total. The third-order valence-corrected chi connectivity index (χ3v) is 5.60. The van der Waals surface area contributed by atoms with E-state index in [1.807, 2.05) is 19.3 Å². The number of benzene rings is 2. The smallest absolute Gasteiger partial charge is 0.257 e. The van der Waals surface area contributed by atoms with Crippen molar-refractivity contribution in [3.63, 3.8) is 0 Å². The molecule has 1 saturated heterocycles. The van der Waals surface area contributed by atoms with E-state index >= 15 is 0 Å². The van der Waals surface area contributed by atoms with Gasteiger partial charge in [0.1, 0.15) is 5.75 Å². The van der Waals surface area contributed by atoms with E-state index in [0.717, 1.165) is 42.8 Å². The molecule has 162 valence electrons. The lowest BCUT2D eigenvalue weighted by molar-refractivity contribution is 0.102.